The number of anilines is 1. The van der Waals surface area contributed by atoms with Crippen LogP contribution < -0.4 is 10.1 Å². The zero-order valence-corrected chi connectivity index (χ0v) is 17.5. The fourth-order valence-corrected chi connectivity index (χ4v) is 3.27. The van der Waals surface area contributed by atoms with Gasteiger partial charge < -0.3 is 19.7 Å². The van der Waals surface area contributed by atoms with Crippen LogP contribution in [0.2, 0.25) is 0 Å². The smallest absolute Gasteiger partial charge is 0.276 e. The Kier molecular flexibility index (Phi) is 6.45. The fourth-order valence-electron chi connectivity index (χ4n) is 3.27. The molecule has 0 bridgehead atoms. The van der Waals surface area contributed by atoms with Gasteiger partial charge in [-0.3, -0.25) is 14.3 Å². The van der Waals surface area contributed by atoms with Gasteiger partial charge in [-0.15, -0.1) is 0 Å². The van der Waals surface area contributed by atoms with E-state index in [2.05, 4.69) is 15.5 Å². The molecular weight excluding hydrogens is 419 g/mol. The van der Waals surface area contributed by atoms with Crippen LogP contribution in [-0.2, 0) is 18.0 Å². The summed E-state index contributed by atoms with van der Waals surface area (Å²) < 4.78 is 26.8. The van der Waals surface area contributed by atoms with Gasteiger partial charge in [0.2, 0.25) is 0 Å². The van der Waals surface area contributed by atoms with Gasteiger partial charge in [0.05, 0.1) is 25.1 Å². The summed E-state index contributed by atoms with van der Waals surface area (Å²) in [6, 6.07) is 7.14. The summed E-state index contributed by atoms with van der Waals surface area (Å²) in [5.74, 6) is -0.558. The Morgan fingerprint density at radius 2 is 1.94 bits per heavy atom. The van der Waals surface area contributed by atoms with Crippen molar-refractivity contribution in [2.75, 3.05) is 31.6 Å². The molecule has 10 nitrogen and oxygen atoms in total. The third kappa shape index (κ3) is 4.78. The molecule has 1 aliphatic rings. The summed E-state index contributed by atoms with van der Waals surface area (Å²) in [6.45, 7) is 4.33. The summed E-state index contributed by atoms with van der Waals surface area (Å²) in [4.78, 5) is 27.4. The molecular formula is C21H23FN6O4. The van der Waals surface area contributed by atoms with Crippen LogP contribution in [0.5, 0.6) is 5.75 Å². The molecule has 3 heterocycles. The topological polar surface area (TPSA) is 104 Å². The standard InChI is InChI=1S/C21H23FN6O4/c1-2-28-19(21(30)26-9-11-31-12-10-26)18(13-23-28)24-20(29)17-7-8-27(25-17)14-32-16-5-3-15(22)4-6-16/h3-8,13H,2,9-12,14H2,1H3,(H,24,29). The molecule has 1 fully saturated rings. The molecule has 3 aromatic rings. The molecule has 2 amide bonds. The van der Waals surface area contributed by atoms with Gasteiger partial charge in [-0.2, -0.15) is 10.2 Å². The lowest BCUT2D eigenvalue weighted by molar-refractivity contribution is 0.0295. The van der Waals surface area contributed by atoms with Crippen molar-refractivity contribution in [3.05, 3.63) is 59.9 Å². The predicted octanol–water partition coefficient (Wildman–Crippen LogP) is 2.00. The lowest BCUT2D eigenvalue weighted by Gasteiger charge is -2.27. The first-order valence-corrected chi connectivity index (χ1v) is 10.2. The van der Waals surface area contributed by atoms with Crippen molar-refractivity contribution in [3.63, 3.8) is 0 Å². The van der Waals surface area contributed by atoms with Gasteiger partial charge in [0.1, 0.15) is 17.3 Å². The normalized spacial score (nSPS) is 13.8. The minimum Gasteiger partial charge on any atom is -0.471 e. The number of hydrogen-bond donors (Lipinski definition) is 1. The average Bonchev–Trinajstić information content (AvgIpc) is 3.46. The van der Waals surface area contributed by atoms with Gasteiger partial charge in [-0.25, -0.2) is 9.07 Å². The highest BCUT2D eigenvalue weighted by molar-refractivity contribution is 6.07. The van der Waals surface area contributed by atoms with Crippen molar-refractivity contribution in [2.24, 2.45) is 0 Å². The number of aromatic nitrogens is 4. The molecule has 168 valence electrons. The van der Waals surface area contributed by atoms with Crippen molar-refractivity contribution >= 4 is 17.5 Å². The van der Waals surface area contributed by atoms with E-state index in [1.165, 1.54) is 41.2 Å². The maximum Gasteiger partial charge on any atom is 0.276 e. The summed E-state index contributed by atoms with van der Waals surface area (Å²) in [5, 5.41) is 11.2. The lowest BCUT2D eigenvalue weighted by atomic mass is 10.2. The second-order valence-electron chi connectivity index (χ2n) is 7.05. The van der Waals surface area contributed by atoms with Crippen LogP contribution in [0.15, 0.2) is 42.7 Å². The van der Waals surface area contributed by atoms with Gasteiger partial charge >= 0.3 is 0 Å². The molecule has 11 heteroatoms. The number of halogens is 1. The largest absolute Gasteiger partial charge is 0.471 e. The second kappa shape index (κ2) is 9.60. The monoisotopic (exact) mass is 442 g/mol. The van der Waals surface area contributed by atoms with Crippen LogP contribution in [-0.4, -0.2) is 62.6 Å². The molecule has 0 aliphatic carbocycles. The zero-order chi connectivity index (χ0) is 22.5. The molecule has 1 aromatic carbocycles. The number of nitrogens with zero attached hydrogens (tertiary/aromatic N) is 5. The second-order valence-corrected chi connectivity index (χ2v) is 7.05. The molecule has 0 atom stereocenters. The van der Waals surface area contributed by atoms with E-state index in [9.17, 15) is 14.0 Å². The molecule has 0 spiro atoms. The van der Waals surface area contributed by atoms with Crippen LogP contribution in [0.3, 0.4) is 0 Å². The number of aryl methyl sites for hydroxylation is 1. The highest BCUT2D eigenvalue weighted by Crippen LogP contribution is 2.19. The minimum atomic E-state index is -0.475. The predicted molar refractivity (Wildman–Crippen MR) is 112 cm³/mol. The molecule has 0 saturated carbocycles. The van der Waals surface area contributed by atoms with Crippen molar-refractivity contribution < 1.29 is 23.5 Å². The summed E-state index contributed by atoms with van der Waals surface area (Å²) in [7, 11) is 0. The van der Waals surface area contributed by atoms with Gasteiger partial charge in [-0.1, -0.05) is 0 Å². The Bertz CT molecular complexity index is 1090. The van der Waals surface area contributed by atoms with Crippen LogP contribution in [0.25, 0.3) is 0 Å². The maximum atomic E-state index is 13.0. The third-order valence-corrected chi connectivity index (χ3v) is 4.94. The Morgan fingerprint density at radius 3 is 2.66 bits per heavy atom. The number of carbonyl (C=O) groups excluding carboxylic acids is 2. The van der Waals surface area contributed by atoms with Gasteiger partial charge in [0.15, 0.2) is 12.4 Å². The first-order valence-electron chi connectivity index (χ1n) is 10.2. The average molecular weight is 442 g/mol. The van der Waals surface area contributed by atoms with E-state index in [0.29, 0.717) is 50.0 Å². The van der Waals surface area contributed by atoms with Gasteiger partial charge in [0.25, 0.3) is 11.8 Å². The van der Waals surface area contributed by atoms with Gasteiger partial charge in [0, 0.05) is 25.8 Å². The van der Waals surface area contributed by atoms with Crippen molar-refractivity contribution in [2.45, 2.75) is 20.2 Å². The van der Waals surface area contributed by atoms with E-state index in [-0.39, 0.29) is 24.1 Å². The maximum absolute atomic E-state index is 13.0. The molecule has 1 saturated heterocycles. The number of nitrogens with one attached hydrogen (secondary N) is 1. The summed E-state index contributed by atoms with van der Waals surface area (Å²) in [5.41, 5.74) is 0.800. The fraction of sp³-hybridized carbons (Fsp3) is 0.333. The number of morpholine rings is 1. The van der Waals surface area contributed by atoms with Crippen LogP contribution in [0.1, 0.15) is 27.9 Å². The summed E-state index contributed by atoms with van der Waals surface area (Å²) in [6.07, 6.45) is 3.05. The Labute approximate surface area is 183 Å². The van der Waals surface area contributed by atoms with E-state index < -0.39 is 5.91 Å². The van der Waals surface area contributed by atoms with Crippen molar-refractivity contribution in [1.29, 1.82) is 0 Å². The molecule has 1 aliphatic heterocycles. The van der Waals surface area contributed by atoms with E-state index in [1.807, 2.05) is 6.92 Å². The first kappa shape index (κ1) is 21.5. The number of hydrogen-bond acceptors (Lipinski definition) is 6. The number of ether oxygens (including phenoxy) is 2. The molecule has 32 heavy (non-hydrogen) atoms. The molecule has 2 aromatic heterocycles. The summed E-state index contributed by atoms with van der Waals surface area (Å²) >= 11 is 0. The van der Waals surface area contributed by atoms with E-state index in [0.717, 1.165) is 0 Å². The van der Waals surface area contributed by atoms with Crippen molar-refractivity contribution in [1.82, 2.24) is 24.5 Å². The first-order chi connectivity index (χ1) is 15.5. The number of rotatable bonds is 7. The Balaban J connectivity index is 1.43. The Morgan fingerprint density at radius 1 is 1.19 bits per heavy atom. The number of benzene rings is 1. The van der Waals surface area contributed by atoms with Crippen LogP contribution in [0, 0.1) is 5.82 Å². The van der Waals surface area contributed by atoms with Crippen molar-refractivity contribution in [3.8, 4) is 5.75 Å². The highest BCUT2D eigenvalue weighted by atomic mass is 19.1. The quantitative estimate of drug-likeness (QED) is 0.600. The third-order valence-electron chi connectivity index (χ3n) is 4.94. The molecule has 0 radical (unpaired) electrons. The SMILES string of the molecule is CCn1ncc(NC(=O)c2ccn(COc3ccc(F)cc3)n2)c1C(=O)N1CCOCC1. The molecule has 0 unspecified atom stereocenters. The van der Waals surface area contributed by atoms with Crippen LogP contribution >= 0.6 is 0 Å². The van der Waals surface area contributed by atoms with Crippen LogP contribution in [0.4, 0.5) is 10.1 Å². The zero-order valence-electron chi connectivity index (χ0n) is 17.5. The number of carbonyl (C=O) groups is 2. The van der Waals surface area contributed by atoms with E-state index in [1.54, 1.807) is 15.8 Å². The molecule has 1 N–H and O–H groups in total. The van der Waals surface area contributed by atoms with Gasteiger partial charge in [-0.05, 0) is 37.3 Å². The molecule has 4 rings (SSSR count). The highest BCUT2D eigenvalue weighted by Gasteiger charge is 2.26. The van der Waals surface area contributed by atoms with E-state index >= 15 is 0 Å². The number of amides is 2. The lowest BCUT2D eigenvalue weighted by Crippen LogP contribution is -2.41. The minimum absolute atomic E-state index is 0.0491. The van der Waals surface area contributed by atoms with E-state index in [4.69, 9.17) is 9.47 Å². The Hall–Kier alpha value is -3.73.